The lowest BCUT2D eigenvalue weighted by atomic mass is 10.2. The Morgan fingerprint density at radius 1 is 1.00 bits per heavy atom. The van der Waals surface area contributed by atoms with Gasteiger partial charge >= 0.3 is 0 Å². The standard InChI is InChI=1S/C18H13BrFN3O/c19-13-5-7-15(8-6-13)22-17-9-4-12(11-21-17)18(24)23-16-3-1-2-14(20)10-16/h1-11H,(H,21,22)(H,23,24). The Kier molecular flexibility index (Phi) is 4.86. The molecule has 1 heterocycles. The van der Waals surface area contributed by atoms with Crippen LogP contribution in [0.5, 0.6) is 0 Å². The molecule has 0 aliphatic heterocycles. The Bertz CT molecular complexity index is 851. The van der Waals surface area contributed by atoms with Gasteiger partial charge in [0.1, 0.15) is 11.6 Å². The number of aromatic nitrogens is 1. The predicted octanol–water partition coefficient (Wildman–Crippen LogP) is 4.98. The molecule has 3 rings (SSSR count). The summed E-state index contributed by atoms with van der Waals surface area (Å²) in [4.78, 5) is 16.4. The van der Waals surface area contributed by atoms with Gasteiger partial charge in [0.25, 0.3) is 5.91 Å². The lowest BCUT2D eigenvalue weighted by Gasteiger charge is -2.08. The molecule has 120 valence electrons. The van der Waals surface area contributed by atoms with Crippen LogP contribution in [0.4, 0.5) is 21.6 Å². The van der Waals surface area contributed by atoms with E-state index >= 15 is 0 Å². The zero-order chi connectivity index (χ0) is 16.9. The van der Waals surface area contributed by atoms with Crippen molar-refractivity contribution in [3.8, 4) is 0 Å². The summed E-state index contributed by atoms with van der Waals surface area (Å²) in [6, 6.07) is 16.8. The Morgan fingerprint density at radius 3 is 2.46 bits per heavy atom. The highest BCUT2D eigenvalue weighted by molar-refractivity contribution is 9.10. The SMILES string of the molecule is O=C(Nc1cccc(F)c1)c1ccc(Nc2ccc(Br)cc2)nc1. The summed E-state index contributed by atoms with van der Waals surface area (Å²) in [7, 11) is 0. The summed E-state index contributed by atoms with van der Waals surface area (Å²) in [5, 5.41) is 5.77. The molecule has 3 aromatic rings. The number of nitrogens with zero attached hydrogens (tertiary/aromatic N) is 1. The van der Waals surface area contributed by atoms with Crippen molar-refractivity contribution in [2.75, 3.05) is 10.6 Å². The van der Waals surface area contributed by atoms with Crippen molar-refractivity contribution in [1.29, 1.82) is 0 Å². The molecule has 0 aliphatic carbocycles. The monoisotopic (exact) mass is 385 g/mol. The third-order valence-electron chi connectivity index (χ3n) is 3.22. The number of anilines is 3. The van der Waals surface area contributed by atoms with E-state index in [2.05, 4.69) is 31.5 Å². The normalized spacial score (nSPS) is 10.2. The third kappa shape index (κ3) is 4.17. The van der Waals surface area contributed by atoms with Crippen molar-refractivity contribution in [3.05, 3.63) is 82.7 Å². The van der Waals surface area contributed by atoms with Crippen LogP contribution in [0.1, 0.15) is 10.4 Å². The van der Waals surface area contributed by atoms with E-state index in [-0.39, 0.29) is 5.91 Å². The number of carbonyl (C=O) groups is 1. The van der Waals surface area contributed by atoms with Crippen LogP contribution in [0.15, 0.2) is 71.3 Å². The van der Waals surface area contributed by atoms with Crippen LogP contribution >= 0.6 is 15.9 Å². The van der Waals surface area contributed by atoms with E-state index < -0.39 is 5.82 Å². The van der Waals surface area contributed by atoms with E-state index in [1.165, 1.54) is 24.4 Å². The largest absolute Gasteiger partial charge is 0.340 e. The van der Waals surface area contributed by atoms with Crippen LogP contribution in [-0.4, -0.2) is 10.9 Å². The third-order valence-corrected chi connectivity index (χ3v) is 3.75. The average molecular weight is 386 g/mol. The first-order valence-electron chi connectivity index (χ1n) is 7.16. The Labute approximate surface area is 146 Å². The van der Waals surface area contributed by atoms with Gasteiger partial charge in [-0.1, -0.05) is 22.0 Å². The number of carbonyl (C=O) groups excluding carboxylic acids is 1. The first-order valence-corrected chi connectivity index (χ1v) is 7.95. The smallest absolute Gasteiger partial charge is 0.257 e. The van der Waals surface area contributed by atoms with Crippen LogP contribution in [0.25, 0.3) is 0 Å². The van der Waals surface area contributed by atoms with E-state index in [0.29, 0.717) is 17.1 Å². The van der Waals surface area contributed by atoms with Gasteiger partial charge in [0, 0.05) is 22.0 Å². The summed E-state index contributed by atoms with van der Waals surface area (Å²) < 4.78 is 14.1. The highest BCUT2D eigenvalue weighted by Gasteiger charge is 2.07. The number of rotatable bonds is 4. The summed E-state index contributed by atoms with van der Waals surface area (Å²) >= 11 is 3.38. The minimum atomic E-state index is -0.403. The maximum atomic E-state index is 13.1. The molecule has 0 unspecified atom stereocenters. The van der Waals surface area contributed by atoms with Gasteiger partial charge < -0.3 is 10.6 Å². The second kappa shape index (κ2) is 7.23. The number of pyridine rings is 1. The molecule has 0 saturated heterocycles. The van der Waals surface area contributed by atoms with Gasteiger partial charge in [-0.3, -0.25) is 4.79 Å². The fourth-order valence-electron chi connectivity index (χ4n) is 2.05. The summed E-state index contributed by atoms with van der Waals surface area (Å²) in [5.74, 6) is -0.122. The maximum absolute atomic E-state index is 13.1. The topological polar surface area (TPSA) is 54.0 Å². The Balaban J connectivity index is 1.67. The van der Waals surface area contributed by atoms with Crippen molar-refractivity contribution in [3.63, 3.8) is 0 Å². The number of hydrogen-bond donors (Lipinski definition) is 2. The maximum Gasteiger partial charge on any atom is 0.257 e. The molecule has 6 heteroatoms. The fourth-order valence-corrected chi connectivity index (χ4v) is 2.32. The van der Waals surface area contributed by atoms with Crippen LogP contribution in [0.2, 0.25) is 0 Å². The summed E-state index contributed by atoms with van der Waals surface area (Å²) in [5.41, 5.74) is 1.68. The molecule has 24 heavy (non-hydrogen) atoms. The van der Waals surface area contributed by atoms with Crippen molar-refractivity contribution in [2.45, 2.75) is 0 Å². The van der Waals surface area contributed by atoms with Gasteiger partial charge in [0.15, 0.2) is 0 Å². The molecule has 1 amide bonds. The van der Waals surface area contributed by atoms with Crippen LogP contribution < -0.4 is 10.6 Å². The van der Waals surface area contributed by atoms with Gasteiger partial charge in [-0.25, -0.2) is 9.37 Å². The quantitative estimate of drug-likeness (QED) is 0.665. The molecule has 0 radical (unpaired) electrons. The molecule has 0 bridgehead atoms. The fraction of sp³-hybridized carbons (Fsp3) is 0. The van der Waals surface area contributed by atoms with Gasteiger partial charge in [-0.2, -0.15) is 0 Å². The zero-order valence-electron chi connectivity index (χ0n) is 12.5. The van der Waals surface area contributed by atoms with Crippen molar-refractivity contribution >= 4 is 39.0 Å². The van der Waals surface area contributed by atoms with Gasteiger partial charge in [-0.05, 0) is 54.6 Å². The van der Waals surface area contributed by atoms with E-state index in [0.717, 1.165) is 10.2 Å². The number of amides is 1. The minimum Gasteiger partial charge on any atom is -0.340 e. The second-order valence-corrected chi connectivity index (χ2v) is 5.94. The second-order valence-electron chi connectivity index (χ2n) is 5.03. The molecule has 0 atom stereocenters. The van der Waals surface area contributed by atoms with Gasteiger partial charge in [-0.15, -0.1) is 0 Å². The number of hydrogen-bond acceptors (Lipinski definition) is 3. The van der Waals surface area contributed by atoms with Gasteiger partial charge in [0.05, 0.1) is 5.56 Å². The summed E-state index contributed by atoms with van der Waals surface area (Å²) in [6.07, 6.45) is 1.47. The number of nitrogens with one attached hydrogen (secondary N) is 2. The predicted molar refractivity (Wildman–Crippen MR) is 96.0 cm³/mol. The van der Waals surface area contributed by atoms with Crippen LogP contribution in [0.3, 0.4) is 0 Å². The van der Waals surface area contributed by atoms with E-state index in [1.54, 1.807) is 18.2 Å². The zero-order valence-corrected chi connectivity index (χ0v) is 14.0. The average Bonchev–Trinajstić information content (AvgIpc) is 2.57. The van der Waals surface area contributed by atoms with E-state index in [1.807, 2.05) is 24.3 Å². The molecule has 1 aromatic heterocycles. The van der Waals surface area contributed by atoms with E-state index in [9.17, 15) is 9.18 Å². The first-order chi connectivity index (χ1) is 11.6. The van der Waals surface area contributed by atoms with Crippen molar-refractivity contribution in [1.82, 2.24) is 4.98 Å². The lowest BCUT2D eigenvalue weighted by Crippen LogP contribution is -2.12. The summed E-state index contributed by atoms with van der Waals surface area (Å²) in [6.45, 7) is 0. The molecular formula is C18H13BrFN3O. The highest BCUT2D eigenvalue weighted by atomic mass is 79.9. The molecule has 0 spiro atoms. The molecule has 4 nitrogen and oxygen atoms in total. The van der Waals surface area contributed by atoms with Gasteiger partial charge in [0.2, 0.25) is 0 Å². The molecule has 0 saturated carbocycles. The molecule has 0 aliphatic rings. The number of benzene rings is 2. The Morgan fingerprint density at radius 2 is 1.79 bits per heavy atom. The van der Waals surface area contributed by atoms with Crippen LogP contribution in [0, 0.1) is 5.82 Å². The Hall–Kier alpha value is -2.73. The molecular weight excluding hydrogens is 373 g/mol. The van der Waals surface area contributed by atoms with E-state index in [4.69, 9.17) is 0 Å². The first kappa shape index (κ1) is 16.1. The molecule has 0 fully saturated rings. The molecule has 2 N–H and O–H groups in total. The minimum absolute atomic E-state index is 0.344. The van der Waals surface area contributed by atoms with Crippen molar-refractivity contribution < 1.29 is 9.18 Å². The van der Waals surface area contributed by atoms with Crippen LogP contribution in [-0.2, 0) is 0 Å². The highest BCUT2D eigenvalue weighted by Crippen LogP contribution is 2.18. The number of halogens is 2. The molecule has 2 aromatic carbocycles. The van der Waals surface area contributed by atoms with Crippen molar-refractivity contribution in [2.24, 2.45) is 0 Å². The lowest BCUT2D eigenvalue weighted by molar-refractivity contribution is 0.102.